The normalized spacial score (nSPS) is 23.9. The van der Waals surface area contributed by atoms with Crippen molar-refractivity contribution in [2.75, 3.05) is 26.2 Å². The molecular formula is C17H22N2O3. The van der Waals surface area contributed by atoms with Crippen molar-refractivity contribution >= 4 is 11.9 Å². The van der Waals surface area contributed by atoms with Gasteiger partial charge in [0.1, 0.15) is 0 Å². The van der Waals surface area contributed by atoms with Gasteiger partial charge in [0.05, 0.1) is 12.0 Å². The third-order valence-corrected chi connectivity index (χ3v) is 4.70. The monoisotopic (exact) mass is 302 g/mol. The highest BCUT2D eigenvalue weighted by atomic mass is 16.4. The van der Waals surface area contributed by atoms with E-state index in [-0.39, 0.29) is 18.4 Å². The zero-order valence-corrected chi connectivity index (χ0v) is 12.6. The molecule has 2 unspecified atom stereocenters. The number of aliphatic carboxylic acids is 1. The highest BCUT2D eigenvalue weighted by molar-refractivity contribution is 5.86. The van der Waals surface area contributed by atoms with Crippen LogP contribution in [0, 0.1) is 5.92 Å². The number of likely N-dealkylation sites (tertiary alicyclic amines) is 2. The van der Waals surface area contributed by atoms with Gasteiger partial charge in [-0.25, -0.2) is 0 Å². The van der Waals surface area contributed by atoms with Crippen molar-refractivity contribution in [1.29, 1.82) is 0 Å². The summed E-state index contributed by atoms with van der Waals surface area (Å²) in [4.78, 5) is 27.7. The van der Waals surface area contributed by atoms with E-state index in [2.05, 4.69) is 4.90 Å². The van der Waals surface area contributed by atoms with Crippen LogP contribution >= 0.6 is 0 Å². The lowest BCUT2D eigenvalue weighted by molar-refractivity contribution is -0.141. The van der Waals surface area contributed by atoms with E-state index in [4.69, 9.17) is 0 Å². The Morgan fingerprint density at radius 3 is 2.50 bits per heavy atom. The van der Waals surface area contributed by atoms with Gasteiger partial charge in [-0.05, 0) is 31.5 Å². The number of hydrogen-bond donors (Lipinski definition) is 1. The van der Waals surface area contributed by atoms with Gasteiger partial charge in [-0.3, -0.25) is 9.59 Å². The summed E-state index contributed by atoms with van der Waals surface area (Å²) in [5.74, 6) is -1.48. The number of carbonyl (C=O) groups is 2. The zero-order chi connectivity index (χ0) is 15.5. The SMILES string of the molecule is O=C(O)C1CC(=O)N(C(CN2CCCC2)c2ccccc2)C1. The topological polar surface area (TPSA) is 60.9 Å². The Balaban J connectivity index is 1.81. The van der Waals surface area contributed by atoms with Crippen molar-refractivity contribution in [3.05, 3.63) is 35.9 Å². The second-order valence-corrected chi connectivity index (χ2v) is 6.22. The fourth-order valence-corrected chi connectivity index (χ4v) is 3.47. The molecule has 3 rings (SSSR count). The molecule has 5 nitrogen and oxygen atoms in total. The van der Waals surface area contributed by atoms with Crippen LogP contribution in [-0.2, 0) is 9.59 Å². The minimum Gasteiger partial charge on any atom is -0.481 e. The molecule has 2 fully saturated rings. The van der Waals surface area contributed by atoms with E-state index in [1.807, 2.05) is 30.3 Å². The highest BCUT2D eigenvalue weighted by Crippen LogP contribution is 2.30. The Morgan fingerprint density at radius 2 is 1.91 bits per heavy atom. The minimum absolute atomic E-state index is 0.0413. The molecule has 0 aliphatic carbocycles. The molecule has 0 saturated carbocycles. The Bertz CT molecular complexity index is 540. The minimum atomic E-state index is -0.871. The molecule has 118 valence electrons. The predicted octanol–water partition coefficient (Wildman–Crippen LogP) is 1.76. The van der Waals surface area contributed by atoms with Gasteiger partial charge in [-0.1, -0.05) is 30.3 Å². The lowest BCUT2D eigenvalue weighted by Crippen LogP contribution is -2.38. The molecule has 2 aliphatic heterocycles. The van der Waals surface area contributed by atoms with E-state index in [1.54, 1.807) is 4.90 Å². The van der Waals surface area contributed by atoms with E-state index in [0.29, 0.717) is 6.54 Å². The van der Waals surface area contributed by atoms with Crippen LogP contribution in [0.5, 0.6) is 0 Å². The molecule has 1 N–H and O–H groups in total. The van der Waals surface area contributed by atoms with Gasteiger partial charge in [0.2, 0.25) is 5.91 Å². The average Bonchev–Trinajstić information content (AvgIpc) is 3.15. The number of nitrogens with zero attached hydrogens (tertiary/aromatic N) is 2. The summed E-state index contributed by atoms with van der Waals surface area (Å²) >= 11 is 0. The molecule has 22 heavy (non-hydrogen) atoms. The van der Waals surface area contributed by atoms with Crippen molar-refractivity contribution in [1.82, 2.24) is 9.80 Å². The summed E-state index contributed by atoms with van der Waals surface area (Å²) in [6, 6.07) is 9.92. The molecule has 0 spiro atoms. The summed E-state index contributed by atoms with van der Waals surface area (Å²) in [5.41, 5.74) is 1.09. The van der Waals surface area contributed by atoms with E-state index in [0.717, 1.165) is 25.2 Å². The number of benzene rings is 1. The molecule has 2 aliphatic rings. The molecule has 2 atom stereocenters. The van der Waals surface area contributed by atoms with Crippen molar-refractivity contribution in [3.8, 4) is 0 Å². The third kappa shape index (κ3) is 3.14. The number of amides is 1. The largest absolute Gasteiger partial charge is 0.481 e. The fraction of sp³-hybridized carbons (Fsp3) is 0.529. The van der Waals surface area contributed by atoms with E-state index in [9.17, 15) is 14.7 Å². The van der Waals surface area contributed by atoms with E-state index >= 15 is 0 Å². The molecule has 0 bridgehead atoms. The smallest absolute Gasteiger partial charge is 0.308 e. The van der Waals surface area contributed by atoms with Crippen LogP contribution in [0.25, 0.3) is 0 Å². The van der Waals surface area contributed by atoms with Crippen LogP contribution in [0.1, 0.15) is 30.9 Å². The molecule has 0 radical (unpaired) electrons. The van der Waals surface area contributed by atoms with Crippen LogP contribution in [0.2, 0.25) is 0 Å². The Labute approximate surface area is 130 Å². The highest BCUT2D eigenvalue weighted by Gasteiger charge is 2.39. The maximum atomic E-state index is 12.3. The molecule has 2 heterocycles. The summed E-state index contributed by atoms with van der Waals surface area (Å²) in [7, 11) is 0. The second kappa shape index (κ2) is 6.48. The van der Waals surface area contributed by atoms with Crippen LogP contribution in [0.3, 0.4) is 0 Å². The Kier molecular flexibility index (Phi) is 4.43. The van der Waals surface area contributed by atoms with Crippen molar-refractivity contribution in [2.45, 2.75) is 25.3 Å². The maximum Gasteiger partial charge on any atom is 0.308 e. The number of carboxylic acid groups (broad SMARTS) is 1. The fourth-order valence-electron chi connectivity index (χ4n) is 3.47. The van der Waals surface area contributed by atoms with Crippen LogP contribution < -0.4 is 0 Å². The van der Waals surface area contributed by atoms with Gasteiger partial charge >= 0.3 is 5.97 Å². The molecule has 1 aromatic carbocycles. The van der Waals surface area contributed by atoms with E-state index in [1.165, 1.54) is 12.8 Å². The van der Waals surface area contributed by atoms with Gasteiger partial charge in [0, 0.05) is 19.5 Å². The molecule has 0 aromatic heterocycles. The molecule has 1 amide bonds. The first-order chi connectivity index (χ1) is 10.6. The number of hydrogen-bond acceptors (Lipinski definition) is 3. The molecule has 1 aromatic rings. The van der Waals surface area contributed by atoms with Crippen molar-refractivity contribution in [2.24, 2.45) is 5.92 Å². The second-order valence-electron chi connectivity index (χ2n) is 6.22. The summed E-state index contributed by atoms with van der Waals surface area (Å²) in [5, 5.41) is 9.20. The number of rotatable bonds is 5. The lowest BCUT2D eigenvalue weighted by Gasteiger charge is -2.32. The standard InChI is InChI=1S/C17H22N2O3/c20-16-10-14(17(21)22)11-19(16)15(12-18-8-4-5-9-18)13-6-2-1-3-7-13/h1-3,6-7,14-15H,4-5,8-12H2,(H,21,22). The zero-order valence-electron chi connectivity index (χ0n) is 12.6. The van der Waals surface area contributed by atoms with Crippen molar-refractivity contribution in [3.63, 3.8) is 0 Å². The van der Waals surface area contributed by atoms with Crippen LogP contribution in [-0.4, -0.2) is 53.0 Å². The summed E-state index contributed by atoms with van der Waals surface area (Å²) in [6.07, 6.45) is 2.53. The molecule has 5 heteroatoms. The first-order valence-corrected chi connectivity index (χ1v) is 7.94. The van der Waals surface area contributed by atoms with Gasteiger partial charge in [-0.15, -0.1) is 0 Å². The predicted molar refractivity (Wildman–Crippen MR) is 82.3 cm³/mol. The Hall–Kier alpha value is -1.88. The van der Waals surface area contributed by atoms with Gasteiger partial charge in [0.15, 0.2) is 0 Å². The summed E-state index contributed by atoms with van der Waals surface area (Å²) in [6.45, 7) is 3.24. The first kappa shape index (κ1) is 15.0. The number of carboxylic acids is 1. The van der Waals surface area contributed by atoms with E-state index < -0.39 is 11.9 Å². The average molecular weight is 302 g/mol. The maximum absolute atomic E-state index is 12.3. The van der Waals surface area contributed by atoms with Gasteiger partial charge < -0.3 is 14.9 Å². The molecular weight excluding hydrogens is 280 g/mol. The Morgan fingerprint density at radius 1 is 1.23 bits per heavy atom. The summed E-state index contributed by atoms with van der Waals surface area (Å²) < 4.78 is 0. The van der Waals surface area contributed by atoms with Crippen molar-refractivity contribution < 1.29 is 14.7 Å². The number of carbonyl (C=O) groups excluding carboxylic acids is 1. The van der Waals surface area contributed by atoms with Crippen LogP contribution in [0.4, 0.5) is 0 Å². The quantitative estimate of drug-likeness (QED) is 0.900. The third-order valence-electron chi connectivity index (χ3n) is 4.70. The lowest BCUT2D eigenvalue weighted by atomic mass is 10.0. The first-order valence-electron chi connectivity index (χ1n) is 7.94. The van der Waals surface area contributed by atoms with Gasteiger partial charge in [-0.2, -0.15) is 0 Å². The molecule has 2 saturated heterocycles. The van der Waals surface area contributed by atoms with Gasteiger partial charge in [0.25, 0.3) is 0 Å². The van der Waals surface area contributed by atoms with Crippen LogP contribution in [0.15, 0.2) is 30.3 Å².